The Morgan fingerprint density at radius 3 is 1.58 bits per heavy atom. The van der Waals surface area contributed by atoms with E-state index in [1.807, 2.05) is 0 Å². The number of rotatable bonds is 4. The molecule has 1 fully saturated rings. The zero-order valence-corrected chi connectivity index (χ0v) is 48.2. The van der Waals surface area contributed by atoms with Crippen molar-refractivity contribution in [2.45, 2.75) is 155 Å². The predicted octanol–water partition coefficient (Wildman–Crippen LogP) is 18.3. The van der Waals surface area contributed by atoms with E-state index in [0.717, 1.165) is 40.5 Å². The first-order valence-electron chi connectivity index (χ1n) is 28.6. The number of anilines is 8. The zero-order valence-electron chi connectivity index (χ0n) is 48.2. The van der Waals surface area contributed by atoms with Crippen LogP contribution in [0.1, 0.15) is 150 Å². The van der Waals surface area contributed by atoms with Crippen molar-refractivity contribution in [2.24, 2.45) is 0 Å². The largest absolute Gasteiger partial charge is 0.454 e. The fraction of sp³-hybridized carbons (Fsp3) is 0.333. The summed E-state index contributed by atoms with van der Waals surface area (Å²) in [4.78, 5) is 8.12. The van der Waals surface area contributed by atoms with Crippen molar-refractivity contribution in [3.63, 3.8) is 0 Å². The molecule has 1 aliphatic carbocycles. The molecule has 5 heteroatoms. The Labute approximate surface area is 459 Å². The number of benzene rings is 8. The van der Waals surface area contributed by atoms with Crippen LogP contribution in [0.15, 0.2) is 162 Å². The van der Waals surface area contributed by atoms with E-state index in [1.165, 1.54) is 108 Å². The van der Waals surface area contributed by atoms with Gasteiger partial charge in [-0.15, -0.1) is 0 Å². The summed E-state index contributed by atoms with van der Waals surface area (Å²) in [5.41, 5.74) is 24.2. The van der Waals surface area contributed by atoms with Crippen LogP contribution in [-0.2, 0) is 27.1 Å². The zero-order chi connectivity index (χ0) is 53.9. The summed E-state index contributed by atoms with van der Waals surface area (Å²) < 4.78 is 7.11. The molecule has 0 N–H and O–H groups in total. The van der Waals surface area contributed by atoms with E-state index in [0.29, 0.717) is 0 Å². The molecule has 77 heavy (non-hydrogen) atoms. The van der Waals surface area contributed by atoms with E-state index in [1.54, 1.807) is 0 Å². The minimum atomic E-state index is -0.194. The van der Waals surface area contributed by atoms with Crippen molar-refractivity contribution in [3.05, 3.63) is 186 Å². The molecule has 4 heterocycles. The third kappa shape index (κ3) is 7.45. The van der Waals surface area contributed by atoms with Crippen LogP contribution in [0.3, 0.4) is 0 Å². The van der Waals surface area contributed by atoms with Crippen molar-refractivity contribution in [3.8, 4) is 11.1 Å². The predicted molar refractivity (Wildman–Crippen MR) is 331 cm³/mol. The monoisotopic (exact) mass is 1010 g/mol. The summed E-state index contributed by atoms with van der Waals surface area (Å²) in [7, 11) is 0. The lowest BCUT2D eigenvalue weighted by molar-refractivity contribution is 0.195. The third-order valence-electron chi connectivity index (χ3n) is 18.8. The average Bonchev–Trinajstić information content (AvgIpc) is 3.84. The minimum Gasteiger partial charge on any atom is -0.454 e. The van der Waals surface area contributed by atoms with Crippen LogP contribution in [-0.4, -0.2) is 12.3 Å². The Kier molecular flexibility index (Phi) is 10.8. The van der Waals surface area contributed by atoms with Crippen LogP contribution in [0.4, 0.5) is 45.5 Å². The van der Waals surface area contributed by atoms with Gasteiger partial charge in [-0.05, 0) is 146 Å². The standard InChI is InChI=1S/C72H76BN3O/c1-67(2,3)46-31-35-57(53(39-46)45-23-16-15-17-24-45)74-60-41-48(69(7,8)9)29-33-55(60)73-56-34-30-49(70(10,11)12)42-61(56)75(59-27-22-26-52-51-25-18-19-28-64(51)77-66(52)59)63-44-50(43-62(74)65(63)73)76-58-36-32-47(68(4,5)6)40-54(58)71(13)37-20-21-38-72(71,76)14/h15-19,22-36,39-44H,20-21,37-38H2,1-14H3. The van der Waals surface area contributed by atoms with E-state index >= 15 is 0 Å². The van der Waals surface area contributed by atoms with Crippen LogP contribution < -0.4 is 31.1 Å². The molecule has 4 nitrogen and oxygen atoms in total. The molecule has 13 rings (SSSR count). The van der Waals surface area contributed by atoms with Crippen molar-refractivity contribution in [1.29, 1.82) is 0 Å². The molecule has 0 bridgehead atoms. The van der Waals surface area contributed by atoms with Gasteiger partial charge < -0.3 is 19.1 Å². The third-order valence-corrected chi connectivity index (χ3v) is 18.8. The average molecular weight is 1010 g/mol. The maximum absolute atomic E-state index is 7.11. The number of furan rings is 1. The topological polar surface area (TPSA) is 22.9 Å². The van der Waals surface area contributed by atoms with Crippen LogP contribution >= 0.6 is 0 Å². The van der Waals surface area contributed by atoms with Gasteiger partial charge in [-0.1, -0.05) is 206 Å². The number of hydrogen-bond acceptors (Lipinski definition) is 4. The summed E-state index contributed by atoms with van der Waals surface area (Å²) in [5, 5.41) is 2.26. The second kappa shape index (κ2) is 16.8. The van der Waals surface area contributed by atoms with Gasteiger partial charge in [0.1, 0.15) is 5.58 Å². The van der Waals surface area contributed by atoms with Crippen molar-refractivity contribution < 1.29 is 4.42 Å². The highest BCUT2D eigenvalue weighted by Gasteiger charge is 2.58. The summed E-state index contributed by atoms with van der Waals surface area (Å²) in [6, 6.07) is 61.3. The summed E-state index contributed by atoms with van der Waals surface area (Å²) in [6.45, 7) is 33.4. The van der Waals surface area contributed by atoms with Gasteiger partial charge in [-0.3, -0.25) is 0 Å². The van der Waals surface area contributed by atoms with Crippen molar-refractivity contribution in [2.75, 3.05) is 14.7 Å². The SMILES string of the molecule is CC(C)(C)c1ccc(N2c3cc(C(C)(C)C)ccc3B3c4ccc(C(C)(C)C)cc4N(c4cccc5c4oc4ccccc45)c4cc(N5c6ccc(C(C)(C)C)cc6C6(C)CCCCC56C)cc2c43)c(-c2ccccc2)c1. The van der Waals surface area contributed by atoms with E-state index in [4.69, 9.17) is 4.42 Å². The van der Waals surface area contributed by atoms with Crippen LogP contribution in [0.25, 0.3) is 33.1 Å². The minimum absolute atomic E-state index is 0.0190. The van der Waals surface area contributed by atoms with Crippen LogP contribution in [0, 0.1) is 0 Å². The van der Waals surface area contributed by atoms with E-state index in [-0.39, 0.29) is 39.3 Å². The summed E-state index contributed by atoms with van der Waals surface area (Å²) in [5.74, 6) is 0. The van der Waals surface area contributed by atoms with Crippen molar-refractivity contribution >= 4 is 90.5 Å². The Hall–Kier alpha value is -6.98. The molecule has 4 aliphatic rings. The van der Waals surface area contributed by atoms with Crippen molar-refractivity contribution in [1.82, 2.24) is 0 Å². The Bertz CT molecular complexity index is 3870. The number of nitrogens with zero attached hydrogens (tertiary/aromatic N) is 3. The normalized spacial score (nSPS) is 19.1. The molecule has 0 spiro atoms. The fourth-order valence-corrected chi connectivity index (χ4v) is 14.1. The Balaban J connectivity index is 1.20. The van der Waals surface area contributed by atoms with Gasteiger partial charge >= 0.3 is 0 Å². The van der Waals surface area contributed by atoms with Gasteiger partial charge in [0, 0.05) is 55.9 Å². The number of para-hydroxylation sites is 2. The molecule has 9 aromatic rings. The Morgan fingerprint density at radius 2 is 0.961 bits per heavy atom. The van der Waals surface area contributed by atoms with Gasteiger partial charge in [0.15, 0.2) is 5.58 Å². The van der Waals surface area contributed by atoms with Gasteiger partial charge in [0.05, 0.1) is 16.9 Å². The molecule has 2 atom stereocenters. The first-order valence-corrected chi connectivity index (χ1v) is 28.6. The number of hydrogen-bond donors (Lipinski definition) is 0. The highest BCUT2D eigenvalue weighted by atomic mass is 16.3. The lowest BCUT2D eigenvalue weighted by Crippen LogP contribution is -2.61. The molecule has 2 unspecified atom stereocenters. The molecule has 3 aliphatic heterocycles. The quantitative estimate of drug-likeness (QED) is 0.164. The second-order valence-electron chi connectivity index (χ2n) is 27.8. The fourth-order valence-electron chi connectivity index (χ4n) is 14.1. The molecule has 1 aromatic heterocycles. The molecule has 1 saturated carbocycles. The van der Waals surface area contributed by atoms with E-state index in [9.17, 15) is 0 Å². The maximum atomic E-state index is 7.11. The summed E-state index contributed by atoms with van der Waals surface area (Å²) in [6.07, 6.45) is 4.68. The first kappa shape index (κ1) is 49.6. The van der Waals surface area contributed by atoms with E-state index in [2.05, 4.69) is 269 Å². The first-order chi connectivity index (χ1) is 36.5. The van der Waals surface area contributed by atoms with Gasteiger partial charge in [-0.25, -0.2) is 0 Å². The van der Waals surface area contributed by atoms with Gasteiger partial charge in [0.2, 0.25) is 0 Å². The maximum Gasteiger partial charge on any atom is 0.252 e. The lowest BCUT2D eigenvalue weighted by atomic mass is 9.33. The second-order valence-corrected chi connectivity index (χ2v) is 27.8. The molecule has 0 saturated heterocycles. The summed E-state index contributed by atoms with van der Waals surface area (Å²) >= 11 is 0. The molecule has 0 radical (unpaired) electrons. The molecule has 8 aromatic carbocycles. The molecule has 388 valence electrons. The highest BCUT2D eigenvalue weighted by Crippen LogP contribution is 2.62. The van der Waals surface area contributed by atoms with Crippen LogP contribution in [0.2, 0.25) is 0 Å². The Morgan fingerprint density at radius 1 is 0.442 bits per heavy atom. The smallest absolute Gasteiger partial charge is 0.252 e. The lowest BCUT2D eigenvalue weighted by Gasteiger charge is -2.51. The van der Waals surface area contributed by atoms with Gasteiger partial charge in [0.25, 0.3) is 6.71 Å². The van der Waals surface area contributed by atoms with Gasteiger partial charge in [-0.2, -0.15) is 0 Å². The van der Waals surface area contributed by atoms with E-state index < -0.39 is 0 Å². The number of fused-ring (bicyclic) bond motifs is 10. The highest BCUT2D eigenvalue weighted by molar-refractivity contribution is 7.00. The molecular weight excluding hydrogens is 934 g/mol. The molecular formula is C72H76BN3O. The van der Waals surface area contributed by atoms with Crippen LogP contribution in [0.5, 0.6) is 0 Å². The molecule has 0 amide bonds.